The molecule has 4 N–H and O–H groups in total. The van der Waals surface area contributed by atoms with Crippen molar-refractivity contribution >= 4 is 45.7 Å². The van der Waals surface area contributed by atoms with E-state index >= 15 is 8.78 Å². The highest BCUT2D eigenvalue weighted by molar-refractivity contribution is 5.91. The molecule has 1 saturated carbocycles. The lowest BCUT2D eigenvalue weighted by Crippen LogP contribution is -2.55. The Morgan fingerprint density at radius 3 is 1.58 bits per heavy atom. The van der Waals surface area contributed by atoms with E-state index in [1.165, 1.54) is 46.2 Å². The third-order valence-electron chi connectivity index (χ3n) is 12.2. The minimum atomic E-state index is -1.37. The first kappa shape index (κ1) is 43.0. The van der Waals surface area contributed by atoms with Crippen molar-refractivity contribution < 1.29 is 36.7 Å². The zero-order valence-corrected chi connectivity index (χ0v) is 34.7. The van der Waals surface area contributed by atoms with Crippen LogP contribution >= 0.6 is 0 Å². The molecule has 60 heavy (non-hydrogen) atoms. The molecule has 3 aliphatic rings. The summed E-state index contributed by atoms with van der Waals surface area (Å²) in [6, 6.07) is 3.77. The molecule has 2 aromatic carbocycles. The number of carbonyl (C=O) groups is 4. The van der Waals surface area contributed by atoms with Gasteiger partial charge in [0.05, 0.1) is 59.3 Å². The number of alkyl halides is 2. The van der Waals surface area contributed by atoms with Gasteiger partial charge in [-0.05, 0) is 76.9 Å². The van der Waals surface area contributed by atoms with E-state index in [1.54, 1.807) is 50.9 Å². The third-order valence-corrected chi connectivity index (χ3v) is 12.2. The Morgan fingerprint density at radius 2 is 1.15 bits per heavy atom. The minimum absolute atomic E-state index is 0.00126. The van der Waals surface area contributed by atoms with Crippen molar-refractivity contribution in [2.24, 2.45) is 11.8 Å². The lowest BCUT2D eigenvalue weighted by Gasteiger charge is -2.32. The predicted molar refractivity (Wildman–Crippen MR) is 217 cm³/mol. The summed E-state index contributed by atoms with van der Waals surface area (Å²) in [4.78, 5) is 66.8. The molecule has 0 bridgehead atoms. The minimum Gasteiger partial charge on any atom is -0.343 e. The van der Waals surface area contributed by atoms with E-state index in [0.29, 0.717) is 11.0 Å². The van der Waals surface area contributed by atoms with E-state index in [2.05, 4.69) is 21.3 Å². The Labute approximate surface area is 345 Å². The highest BCUT2D eigenvalue weighted by Gasteiger charge is 2.45. The van der Waals surface area contributed by atoms with Crippen molar-refractivity contribution in [1.29, 1.82) is 0 Å². The van der Waals surface area contributed by atoms with Gasteiger partial charge in [0.15, 0.2) is 11.6 Å². The molecule has 4 aromatic rings. The maximum absolute atomic E-state index is 15.5. The van der Waals surface area contributed by atoms with Crippen LogP contribution in [0.5, 0.6) is 0 Å². The van der Waals surface area contributed by atoms with Crippen molar-refractivity contribution in [2.75, 3.05) is 27.2 Å². The molecule has 4 amide bonds. The first-order chi connectivity index (χ1) is 28.6. The van der Waals surface area contributed by atoms with E-state index in [4.69, 9.17) is 9.97 Å². The monoisotopic (exact) mass is 838 g/mol. The van der Waals surface area contributed by atoms with Crippen molar-refractivity contribution in [3.8, 4) is 11.6 Å². The SMILES string of the molecule is CN[C@H](C)C(=O)N[C@@H](C(=O)N1CC(F)C[C@H]1Cn1c(-c2nc3cc(F)ccc3n2C[C@@H]2CC(F)CN2C(=O)[C@H](NC(=O)[C@@H](C)NC)C2CC2)nc2cc(F)ccc21)C(C)C. The number of hydrogen-bond donors (Lipinski definition) is 4. The van der Waals surface area contributed by atoms with Crippen LogP contribution in [0.15, 0.2) is 36.4 Å². The van der Waals surface area contributed by atoms with Crippen LogP contribution in [-0.4, -0.2) is 128 Å². The summed E-state index contributed by atoms with van der Waals surface area (Å²) < 4.78 is 63.9. The van der Waals surface area contributed by atoms with Crippen LogP contribution in [0.25, 0.3) is 33.7 Å². The number of halogens is 4. The molecule has 7 rings (SSSR count). The molecule has 2 saturated heterocycles. The number of aromatic nitrogens is 4. The molecule has 0 spiro atoms. The second kappa shape index (κ2) is 17.5. The van der Waals surface area contributed by atoms with Gasteiger partial charge in [0.25, 0.3) is 0 Å². The number of nitrogens with one attached hydrogen (secondary N) is 4. The smallest absolute Gasteiger partial charge is 0.245 e. The lowest BCUT2D eigenvalue weighted by molar-refractivity contribution is -0.139. The number of likely N-dealkylation sites (N-methyl/N-ethyl adjacent to an activating group) is 2. The summed E-state index contributed by atoms with van der Waals surface area (Å²) in [5, 5.41) is 11.4. The zero-order valence-electron chi connectivity index (χ0n) is 34.7. The van der Waals surface area contributed by atoms with Crippen LogP contribution in [0.2, 0.25) is 0 Å². The second-order valence-corrected chi connectivity index (χ2v) is 16.9. The van der Waals surface area contributed by atoms with Crippen LogP contribution in [0, 0.1) is 23.5 Å². The zero-order chi connectivity index (χ0) is 43.2. The van der Waals surface area contributed by atoms with Gasteiger partial charge in [0.1, 0.15) is 36.1 Å². The Bertz CT molecular complexity index is 2110. The first-order valence-electron chi connectivity index (χ1n) is 20.7. The van der Waals surface area contributed by atoms with Crippen molar-refractivity contribution in [3.05, 3.63) is 48.0 Å². The molecule has 1 aliphatic carbocycles. The molecule has 0 radical (unpaired) electrons. The average Bonchev–Trinajstić information content (AvgIpc) is 3.58. The maximum atomic E-state index is 15.5. The fourth-order valence-electron chi connectivity index (χ4n) is 8.44. The van der Waals surface area contributed by atoms with Crippen LogP contribution < -0.4 is 21.3 Å². The van der Waals surface area contributed by atoms with E-state index in [1.807, 2.05) is 0 Å². The van der Waals surface area contributed by atoms with Gasteiger partial charge < -0.3 is 40.2 Å². The molecule has 324 valence electrons. The largest absolute Gasteiger partial charge is 0.343 e. The second-order valence-electron chi connectivity index (χ2n) is 16.9. The maximum Gasteiger partial charge on any atom is 0.245 e. The highest BCUT2D eigenvalue weighted by Crippen LogP contribution is 2.37. The van der Waals surface area contributed by atoms with Crippen LogP contribution in [0.3, 0.4) is 0 Å². The standard InChI is InChI=1S/C42H54F4N10O4/c1-21(2)35(51-39(57)22(3)47-5)41(59)53-17-27(45)13-29(53)19-55-33-11-9-25(43)15-31(33)49-37(55)38-50-32-16-26(44)10-12-34(32)56(38)20-30-14-28(46)18-54(30)42(60)36(24-7-8-24)52-40(58)23(4)48-6/h9-12,15-16,21-24,27-30,35-36,47-48H,7-8,13-14,17-20H2,1-6H3,(H,51,57)(H,52,58)/t22-,23-,27?,28?,29+,30+,35-,36-/m1/s1. The van der Waals surface area contributed by atoms with Crippen molar-refractivity contribution in [3.63, 3.8) is 0 Å². The molecule has 2 unspecified atom stereocenters. The van der Waals surface area contributed by atoms with Gasteiger partial charge in [-0.15, -0.1) is 0 Å². The summed E-state index contributed by atoms with van der Waals surface area (Å²) in [7, 11) is 3.27. The normalized spacial score (nSPS) is 22.7. The van der Waals surface area contributed by atoms with Gasteiger partial charge in [-0.25, -0.2) is 27.5 Å². The molecular formula is C42H54F4N10O4. The van der Waals surface area contributed by atoms with Crippen LogP contribution in [-0.2, 0) is 32.3 Å². The van der Waals surface area contributed by atoms with E-state index in [9.17, 15) is 28.0 Å². The topological polar surface area (TPSA) is 159 Å². The lowest BCUT2D eigenvalue weighted by atomic mass is 10.0. The Balaban J connectivity index is 1.27. The fraction of sp³-hybridized carbons (Fsp3) is 0.571. The number of rotatable bonds is 15. The third kappa shape index (κ3) is 8.71. The van der Waals surface area contributed by atoms with Gasteiger partial charge >= 0.3 is 0 Å². The number of nitrogens with zero attached hydrogens (tertiary/aromatic N) is 6. The number of amides is 4. The number of fused-ring (bicyclic) bond motifs is 2. The van der Waals surface area contributed by atoms with Crippen molar-refractivity contribution in [1.82, 2.24) is 50.2 Å². The molecular weight excluding hydrogens is 785 g/mol. The number of benzene rings is 2. The molecule has 4 heterocycles. The van der Waals surface area contributed by atoms with Gasteiger partial charge in [0.2, 0.25) is 23.6 Å². The van der Waals surface area contributed by atoms with E-state index in [-0.39, 0.29) is 91.3 Å². The summed E-state index contributed by atoms with van der Waals surface area (Å²) in [5.74, 6) is -2.66. The highest BCUT2D eigenvalue weighted by atomic mass is 19.1. The van der Waals surface area contributed by atoms with E-state index in [0.717, 1.165) is 12.8 Å². The summed E-state index contributed by atoms with van der Waals surface area (Å²) in [6.07, 6.45) is -1.26. The molecule has 3 fully saturated rings. The Morgan fingerprint density at radius 1 is 0.700 bits per heavy atom. The van der Waals surface area contributed by atoms with Crippen LogP contribution in [0.1, 0.15) is 53.4 Å². The van der Waals surface area contributed by atoms with Gasteiger partial charge in [-0.2, -0.15) is 0 Å². The summed E-state index contributed by atoms with van der Waals surface area (Å²) >= 11 is 0. The summed E-state index contributed by atoms with van der Waals surface area (Å²) in [6.45, 7) is 6.57. The van der Waals surface area contributed by atoms with Crippen LogP contribution in [0.4, 0.5) is 17.6 Å². The van der Waals surface area contributed by atoms with Crippen molar-refractivity contribution in [2.45, 2.75) is 115 Å². The molecule has 8 atom stereocenters. The Hall–Kier alpha value is -5.10. The number of hydrogen-bond acceptors (Lipinski definition) is 8. The van der Waals surface area contributed by atoms with E-state index < -0.39 is 66.1 Å². The number of likely N-dealkylation sites (tertiary alicyclic amines) is 2. The molecule has 14 nitrogen and oxygen atoms in total. The van der Waals surface area contributed by atoms with Gasteiger partial charge in [0, 0.05) is 38.1 Å². The summed E-state index contributed by atoms with van der Waals surface area (Å²) in [5.41, 5.74) is 1.42. The predicted octanol–water partition coefficient (Wildman–Crippen LogP) is 3.46. The average molecular weight is 839 g/mol. The van der Waals surface area contributed by atoms with Gasteiger partial charge in [-0.1, -0.05) is 13.8 Å². The number of carbonyl (C=O) groups excluding carboxylic acids is 4. The Kier molecular flexibility index (Phi) is 12.5. The first-order valence-corrected chi connectivity index (χ1v) is 20.7. The molecule has 18 heteroatoms. The number of imidazole rings is 2. The molecule has 2 aliphatic heterocycles. The fourth-order valence-corrected chi connectivity index (χ4v) is 8.44. The van der Waals surface area contributed by atoms with Gasteiger partial charge in [-0.3, -0.25) is 19.2 Å². The molecule has 2 aromatic heterocycles. The quantitative estimate of drug-likeness (QED) is 0.133.